The molecule has 0 fully saturated rings. The van der Waals surface area contributed by atoms with Crippen molar-refractivity contribution in [1.29, 1.82) is 0 Å². The average molecular weight is 394 g/mol. The zero-order valence-electron chi connectivity index (χ0n) is 15.1. The van der Waals surface area contributed by atoms with Crippen molar-refractivity contribution in [3.8, 4) is 11.3 Å². The molecule has 0 aliphatic rings. The number of rotatable bonds is 6. The Morgan fingerprint density at radius 1 is 1.14 bits per heavy atom. The fourth-order valence-corrected chi connectivity index (χ4v) is 3.18. The van der Waals surface area contributed by atoms with Gasteiger partial charge in [0.1, 0.15) is 0 Å². The fourth-order valence-electron chi connectivity index (χ4n) is 2.93. The van der Waals surface area contributed by atoms with Gasteiger partial charge in [0.25, 0.3) is 0 Å². The molecule has 0 bridgehead atoms. The highest BCUT2D eigenvalue weighted by Gasteiger charge is 2.14. The monoisotopic (exact) mass is 394 g/mol. The summed E-state index contributed by atoms with van der Waals surface area (Å²) in [5.74, 6) is 0.460. The SMILES string of the molecule is CN(Cc1ccccc1-c1ccc2cnc(Nc3ccncc3)nn12)S(=O)O. The lowest BCUT2D eigenvalue weighted by molar-refractivity contribution is 0.445. The molecular weight excluding hydrogens is 376 g/mol. The third-order valence-corrected chi connectivity index (χ3v) is 4.95. The predicted molar refractivity (Wildman–Crippen MR) is 108 cm³/mol. The predicted octanol–water partition coefficient (Wildman–Crippen LogP) is 3.10. The highest BCUT2D eigenvalue weighted by molar-refractivity contribution is 7.76. The summed E-state index contributed by atoms with van der Waals surface area (Å²) < 4.78 is 23.8. The van der Waals surface area contributed by atoms with E-state index in [1.807, 2.05) is 53.0 Å². The molecule has 3 heterocycles. The third-order valence-electron chi connectivity index (χ3n) is 4.29. The van der Waals surface area contributed by atoms with E-state index in [0.29, 0.717) is 12.5 Å². The van der Waals surface area contributed by atoms with Crippen molar-refractivity contribution in [1.82, 2.24) is 23.9 Å². The van der Waals surface area contributed by atoms with Crippen molar-refractivity contribution >= 4 is 28.4 Å². The standard InChI is InChI=1S/C19H18N6O2S/c1-24(28(26)27)13-14-4-2-3-5-17(14)18-7-6-16-12-21-19(23-25(16)18)22-15-8-10-20-11-9-15/h2-12H,13H2,1H3,(H,26,27)(H,20,22,23). The second kappa shape index (κ2) is 7.85. The number of hydrogen-bond acceptors (Lipinski definition) is 5. The highest BCUT2D eigenvalue weighted by Crippen LogP contribution is 2.27. The van der Waals surface area contributed by atoms with Crippen LogP contribution in [0.4, 0.5) is 11.6 Å². The van der Waals surface area contributed by atoms with Gasteiger partial charge >= 0.3 is 0 Å². The van der Waals surface area contributed by atoms with Gasteiger partial charge in [-0.1, -0.05) is 24.3 Å². The van der Waals surface area contributed by atoms with E-state index in [1.165, 1.54) is 4.31 Å². The van der Waals surface area contributed by atoms with Crippen LogP contribution in [0.3, 0.4) is 0 Å². The number of benzene rings is 1. The van der Waals surface area contributed by atoms with Gasteiger partial charge in [0.2, 0.25) is 17.2 Å². The zero-order valence-corrected chi connectivity index (χ0v) is 15.9. The van der Waals surface area contributed by atoms with E-state index < -0.39 is 11.3 Å². The molecule has 4 rings (SSSR count). The van der Waals surface area contributed by atoms with Crippen molar-refractivity contribution in [2.45, 2.75) is 6.54 Å². The number of nitrogens with one attached hydrogen (secondary N) is 1. The van der Waals surface area contributed by atoms with Gasteiger partial charge < -0.3 is 5.32 Å². The lowest BCUT2D eigenvalue weighted by Crippen LogP contribution is -2.20. The normalized spacial score (nSPS) is 12.4. The Hall–Kier alpha value is -3.14. The maximum Gasteiger partial charge on any atom is 0.245 e. The Labute approximate surface area is 164 Å². The van der Waals surface area contributed by atoms with E-state index in [2.05, 4.69) is 20.4 Å². The Kier molecular flexibility index (Phi) is 5.11. The van der Waals surface area contributed by atoms with Crippen LogP contribution in [0, 0.1) is 0 Å². The number of nitrogens with zero attached hydrogens (tertiary/aromatic N) is 5. The molecule has 0 spiro atoms. The van der Waals surface area contributed by atoms with Gasteiger partial charge in [-0.2, -0.15) is 4.31 Å². The van der Waals surface area contributed by atoms with Crippen molar-refractivity contribution < 1.29 is 8.76 Å². The maximum absolute atomic E-state index is 11.3. The number of pyridine rings is 1. The summed E-state index contributed by atoms with van der Waals surface area (Å²) in [5, 5.41) is 7.77. The van der Waals surface area contributed by atoms with Crippen LogP contribution in [0.15, 0.2) is 67.1 Å². The number of anilines is 2. The van der Waals surface area contributed by atoms with E-state index in [4.69, 9.17) is 0 Å². The lowest BCUT2D eigenvalue weighted by Gasteiger charge is -2.15. The molecule has 0 amide bonds. The summed E-state index contributed by atoms with van der Waals surface area (Å²) in [6.07, 6.45) is 5.14. The first-order valence-electron chi connectivity index (χ1n) is 8.54. The molecule has 1 atom stereocenters. The molecule has 9 heteroatoms. The molecule has 2 N–H and O–H groups in total. The van der Waals surface area contributed by atoms with Crippen LogP contribution in [0.5, 0.6) is 0 Å². The van der Waals surface area contributed by atoms with E-state index in [9.17, 15) is 8.76 Å². The van der Waals surface area contributed by atoms with E-state index in [1.54, 1.807) is 25.6 Å². The Balaban J connectivity index is 1.73. The second-order valence-corrected chi connectivity index (χ2v) is 7.26. The first kappa shape index (κ1) is 18.2. The van der Waals surface area contributed by atoms with E-state index >= 15 is 0 Å². The van der Waals surface area contributed by atoms with Crippen molar-refractivity contribution in [2.24, 2.45) is 0 Å². The van der Waals surface area contributed by atoms with Crippen LogP contribution in [0.2, 0.25) is 0 Å². The molecular formula is C19H18N6O2S. The molecule has 8 nitrogen and oxygen atoms in total. The second-order valence-electron chi connectivity index (χ2n) is 6.17. The highest BCUT2D eigenvalue weighted by atomic mass is 32.2. The van der Waals surface area contributed by atoms with Crippen LogP contribution in [-0.4, -0.2) is 39.7 Å². The smallest absolute Gasteiger partial charge is 0.245 e. The molecule has 28 heavy (non-hydrogen) atoms. The summed E-state index contributed by atoms with van der Waals surface area (Å²) in [5.41, 5.74) is 4.44. The minimum absolute atomic E-state index is 0.333. The van der Waals surface area contributed by atoms with Crippen LogP contribution >= 0.6 is 0 Å². The molecule has 0 radical (unpaired) electrons. The molecule has 4 aromatic rings. The Morgan fingerprint density at radius 3 is 2.71 bits per heavy atom. The van der Waals surface area contributed by atoms with Gasteiger partial charge in [-0.05, 0) is 29.8 Å². The Morgan fingerprint density at radius 2 is 1.93 bits per heavy atom. The lowest BCUT2D eigenvalue weighted by atomic mass is 10.0. The zero-order chi connectivity index (χ0) is 19.5. The number of hydrogen-bond donors (Lipinski definition) is 2. The quantitative estimate of drug-likeness (QED) is 0.488. The molecule has 142 valence electrons. The number of fused-ring (bicyclic) bond motifs is 1. The summed E-state index contributed by atoms with van der Waals surface area (Å²) in [6, 6.07) is 15.3. The molecule has 1 unspecified atom stereocenters. The molecule has 0 aliphatic carbocycles. The van der Waals surface area contributed by atoms with Crippen molar-refractivity contribution in [3.63, 3.8) is 0 Å². The van der Waals surface area contributed by atoms with Crippen molar-refractivity contribution in [2.75, 3.05) is 12.4 Å². The van der Waals surface area contributed by atoms with Gasteiger partial charge in [-0.25, -0.2) is 13.7 Å². The van der Waals surface area contributed by atoms with Crippen LogP contribution in [0.1, 0.15) is 5.56 Å². The summed E-state index contributed by atoms with van der Waals surface area (Å²) in [7, 11) is 1.60. The summed E-state index contributed by atoms with van der Waals surface area (Å²) in [4.78, 5) is 8.36. The van der Waals surface area contributed by atoms with E-state index in [0.717, 1.165) is 28.0 Å². The van der Waals surface area contributed by atoms with Gasteiger partial charge in [-0.15, -0.1) is 5.10 Å². The average Bonchev–Trinajstić information content (AvgIpc) is 3.12. The molecule has 1 aromatic carbocycles. The maximum atomic E-state index is 11.3. The van der Waals surface area contributed by atoms with Gasteiger partial charge in [-0.3, -0.25) is 9.54 Å². The molecule has 3 aromatic heterocycles. The minimum Gasteiger partial charge on any atom is -0.323 e. The fraction of sp³-hybridized carbons (Fsp3) is 0.105. The minimum atomic E-state index is -2.03. The van der Waals surface area contributed by atoms with Gasteiger partial charge in [0.05, 0.1) is 17.4 Å². The number of aromatic nitrogens is 4. The summed E-state index contributed by atoms with van der Waals surface area (Å²) in [6.45, 7) is 0.333. The largest absolute Gasteiger partial charge is 0.323 e. The third kappa shape index (κ3) is 3.77. The van der Waals surface area contributed by atoms with Gasteiger partial charge in [0, 0.05) is 37.2 Å². The molecule has 0 saturated carbocycles. The van der Waals surface area contributed by atoms with Crippen LogP contribution < -0.4 is 5.32 Å². The molecule has 0 aliphatic heterocycles. The van der Waals surface area contributed by atoms with Gasteiger partial charge in [0.15, 0.2) is 0 Å². The van der Waals surface area contributed by atoms with Crippen LogP contribution in [-0.2, 0) is 17.8 Å². The van der Waals surface area contributed by atoms with Crippen molar-refractivity contribution in [3.05, 3.63) is 72.7 Å². The van der Waals surface area contributed by atoms with E-state index in [-0.39, 0.29) is 0 Å². The molecule has 0 saturated heterocycles. The Bertz CT molecular complexity index is 1130. The first-order chi connectivity index (χ1) is 13.6. The summed E-state index contributed by atoms with van der Waals surface area (Å²) >= 11 is -2.03. The van der Waals surface area contributed by atoms with Crippen LogP contribution in [0.25, 0.3) is 16.8 Å². The first-order valence-corrected chi connectivity index (χ1v) is 9.60. The topological polar surface area (TPSA) is 95.7 Å².